The Bertz CT molecular complexity index is 713. The number of hydrogen-bond acceptors (Lipinski definition) is 4. The fraction of sp³-hybridized carbons (Fsp3) is 0.222. The quantitative estimate of drug-likeness (QED) is 0.856. The van der Waals surface area contributed by atoms with E-state index >= 15 is 0 Å². The summed E-state index contributed by atoms with van der Waals surface area (Å²) >= 11 is 0. The standard InChI is InChI=1S/C18H20N2O4/c1-20(12-13-8-10-14(23-2)11-9-13)18(22)19-16-7-5-4-6-15(16)17(21)24-3/h4-11H,12H2,1-3H3,(H,19,22). The van der Waals surface area contributed by atoms with Crippen LogP contribution in [0.2, 0.25) is 0 Å². The number of ether oxygens (including phenoxy) is 2. The van der Waals surface area contributed by atoms with Crippen molar-refractivity contribution in [3.63, 3.8) is 0 Å². The van der Waals surface area contributed by atoms with Crippen LogP contribution in [0.5, 0.6) is 5.75 Å². The van der Waals surface area contributed by atoms with Crippen LogP contribution in [0.4, 0.5) is 10.5 Å². The van der Waals surface area contributed by atoms with E-state index < -0.39 is 5.97 Å². The van der Waals surface area contributed by atoms with Gasteiger partial charge in [0.1, 0.15) is 5.75 Å². The molecule has 24 heavy (non-hydrogen) atoms. The molecule has 0 heterocycles. The van der Waals surface area contributed by atoms with E-state index in [4.69, 9.17) is 9.47 Å². The number of rotatable bonds is 5. The van der Waals surface area contributed by atoms with Crippen LogP contribution in [0.25, 0.3) is 0 Å². The maximum Gasteiger partial charge on any atom is 0.339 e. The van der Waals surface area contributed by atoms with Crippen molar-refractivity contribution in [1.82, 2.24) is 4.90 Å². The summed E-state index contributed by atoms with van der Waals surface area (Å²) in [7, 11) is 4.59. The van der Waals surface area contributed by atoms with Gasteiger partial charge in [-0.15, -0.1) is 0 Å². The molecule has 0 aliphatic heterocycles. The monoisotopic (exact) mass is 328 g/mol. The molecule has 2 amide bonds. The molecule has 0 atom stereocenters. The van der Waals surface area contributed by atoms with Crippen molar-refractivity contribution < 1.29 is 19.1 Å². The number of nitrogens with one attached hydrogen (secondary N) is 1. The number of urea groups is 1. The maximum absolute atomic E-state index is 12.3. The van der Waals surface area contributed by atoms with Gasteiger partial charge in [-0.25, -0.2) is 9.59 Å². The van der Waals surface area contributed by atoms with Gasteiger partial charge in [-0.2, -0.15) is 0 Å². The third-order valence-electron chi connectivity index (χ3n) is 3.50. The normalized spacial score (nSPS) is 9.96. The molecule has 0 unspecified atom stereocenters. The van der Waals surface area contributed by atoms with Crippen molar-refractivity contribution in [1.29, 1.82) is 0 Å². The average molecular weight is 328 g/mol. The Hall–Kier alpha value is -3.02. The number of benzene rings is 2. The number of anilines is 1. The summed E-state index contributed by atoms with van der Waals surface area (Å²) in [4.78, 5) is 25.6. The third-order valence-corrected chi connectivity index (χ3v) is 3.50. The predicted octanol–water partition coefficient (Wildman–Crippen LogP) is 3.15. The Morgan fingerprint density at radius 1 is 1.04 bits per heavy atom. The van der Waals surface area contributed by atoms with Crippen LogP contribution in [0.15, 0.2) is 48.5 Å². The Balaban J connectivity index is 2.05. The van der Waals surface area contributed by atoms with Crippen molar-refractivity contribution in [2.24, 2.45) is 0 Å². The Labute approximate surface area is 141 Å². The second-order valence-corrected chi connectivity index (χ2v) is 5.17. The van der Waals surface area contributed by atoms with Gasteiger partial charge in [0, 0.05) is 13.6 Å². The Kier molecular flexibility index (Phi) is 5.78. The number of hydrogen-bond donors (Lipinski definition) is 1. The molecule has 0 bridgehead atoms. The minimum Gasteiger partial charge on any atom is -0.497 e. The Morgan fingerprint density at radius 2 is 1.71 bits per heavy atom. The number of nitrogens with zero attached hydrogens (tertiary/aromatic N) is 1. The number of para-hydroxylation sites is 1. The van der Waals surface area contributed by atoms with Gasteiger partial charge in [0.15, 0.2) is 0 Å². The second kappa shape index (κ2) is 8.01. The van der Waals surface area contributed by atoms with Gasteiger partial charge in [0.2, 0.25) is 0 Å². The minimum absolute atomic E-state index is 0.311. The van der Waals surface area contributed by atoms with Crippen LogP contribution in [0.3, 0.4) is 0 Å². The lowest BCUT2D eigenvalue weighted by atomic mass is 10.2. The number of amides is 2. The highest BCUT2D eigenvalue weighted by Gasteiger charge is 2.15. The first-order valence-electron chi connectivity index (χ1n) is 7.37. The molecule has 6 heteroatoms. The zero-order valence-electron chi connectivity index (χ0n) is 13.9. The average Bonchev–Trinajstić information content (AvgIpc) is 2.62. The molecule has 0 aliphatic rings. The zero-order chi connectivity index (χ0) is 17.5. The largest absolute Gasteiger partial charge is 0.497 e. The Morgan fingerprint density at radius 3 is 2.33 bits per heavy atom. The SMILES string of the molecule is COC(=O)c1ccccc1NC(=O)N(C)Cc1ccc(OC)cc1. The van der Waals surface area contributed by atoms with Gasteiger partial charge in [0.25, 0.3) is 0 Å². The molecule has 1 N–H and O–H groups in total. The molecule has 2 aromatic carbocycles. The highest BCUT2D eigenvalue weighted by atomic mass is 16.5. The highest BCUT2D eigenvalue weighted by Crippen LogP contribution is 2.17. The summed E-state index contributed by atoms with van der Waals surface area (Å²) in [5, 5.41) is 2.73. The predicted molar refractivity (Wildman–Crippen MR) is 91.3 cm³/mol. The van der Waals surface area contributed by atoms with Gasteiger partial charge in [0.05, 0.1) is 25.5 Å². The summed E-state index contributed by atoms with van der Waals surface area (Å²) in [5.41, 5.74) is 1.69. The van der Waals surface area contributed by atoms with Gasteiger partial charge in [-0.05, 0) is 29.8 Å². The molecule has 126 valence electrons. The molecule has 0 aromatic heterocycles. The van der Waals surface area contributed by atoms with Crippen LogP contribution >= 0.6 is 0 Å². The van der Waals surface area contributed by atoms with Crippen molar-refractivity contribution in [2.75, 3.05) is 26.6 Å². The van der Waals surface area contributed by atoms with Crippen molar-refractivity contribution in [2.45, 2.75) is 6.54 Å². The maximum atomic E-state index is 12.3. The summed E-state index contributed by atoms with van der Waals surface area (Å²) in [6, 6.07) is 13.9. The molecular weight excluding hydrogens is 308 g/mol. The molecular formula is C18H20N2O4. The summed E-state index contributed by atoms with van der Waals surface area (Å²) in [5.74, 6) is 0.265. The minimum atomic E-state index is -0.497. The molecule has 0 fully saturated rings. The van der Waals surface area contributed by atoms with Crippen molar-refractivity contribution in [3.8, 4) is 5.75 Å². The first-order valence-corrected chi connectivity index (χ1v) is 7.37. The molecule has 6 nitrogen and oxygen atoms in total. The van der Waals surface area contributed by atoms with Gasteiger partial charge >= 0.3 is 12.0 Å². The summed E-state index contributed by atoms with van der Waals surface area (Å²) in [6.07, 6.45) is 0. The van der Waals surface area contributed by atoms with Crippen LogP contribution in [0, 0.1) is 0 Å². The van der Waals surface area contributed by atoms with E-state index in [0.29, 0.717) is 17.8 Å². The van der Waals surface area contributed by atoms with Crippen molar-refractivity contribution in [3.05, 3.63) is 59.7 Å². The van der Waals surface area contributed by atoms with Crippen LogP contribution < -0.4 is 10.1 Å². The number of carbonyl (C=O) groups is 2. The molecule has 2 rings (SSSR count). The molecule has 0 saturated heterocycles. The van der Waals surface area contributed by atoms with E-state index in [1.54, 1.807) is 38.4 Å². The molecule has 0 aliphatic carbocycles. The first-order chi connectivity index (χ1) is 11.5. The molecule has 0 spiro atoms. The van der Waals surface area contributed by atoms with E-state index in [9.17, 15) is 9.59 Å². The lowest BCUT2D eigenvalue weighted by molar-refractivity contribution is 0.0602. The smallest absolute Gasteiger partial charge is 0.339 e. The summed E-state index contributed by atoms with van der Waals surface area (Å²) in [6.45, 7) is 0.427. The van der Waals surface area contributed by atoms with Gasteiger partial charge < -0.3 is 19.7 Å². The van der Waals surface area contributed by atoms with E-state index in [1.807, 2.05) is 24.3 Å². The lowest BCUT2D eigenvalue weighted by Crippen LogP contribution is -2.31. The number of methoxy groups -OCH3 is 2. The van der Waals surface area contributed by atoms with Crippen LogP contribution in [-0.2, 0) is 11.3 Å². The van der Waals surface area contributed by atoms with Crippen molar-refractivity contribution >= 4 is 17.7 Å². The molecule has 0 radical (unpaired) electrons. The number of carbonyl (C=O) groups excluding carboxylic acids is 2. The first kappa shape index (κ1) is 17.3. The summed E-state index contributed by atoms with van der Waals surface area (Å²) < 4.78 is 9.83. The van der Waals surface area contributed by atoms with E-state index in [1.165, 1.54) is 12.0 Å². The second-order valence-electron chi connectivity index (χ2n) is 5.17. The van der Waals surface area contributed by atoms with E-state index in [0.717, 1.165) is 11.3 Å². The molecule has 0 saturated carbocycles. The number of esters is 1. The zero-order valence-corrected chi connectivity index (χ0v) is 13.9. The third kappa shape index (κ3) is 4.25. The fourth-order valence-electron chi connectivity index (χ4n) is 2.17. The lowest BCUT2D eigenvalue weighted by Gasteiger charge is -2.19. The van der Waals surface area contributed by atoms with E-state index in [2.05, 4.69) is 5.32 Å². The molecule has 2 aromatic rings. The van der Waals surface area contributed by atoms with Crippen LogP contribution in [-0.4, -0.2) is 38.2 Å². The fourth-order valence-corrected chi connectivity index (χ4v) is 2.17. The van der Waals surface area contributed by atoms with E-state index in [-0.39, 0.29) is 6.03 Å². The van der Waals surface area contributed by atoms with Crippen LogP contribution in [0.1, 0.15) is 15.9 Å². The van der Waals surface area contributed by atoms with Gasteiger partial charge in [-0.3, -0.25) is 0 Å². The highest BCUT2D eigenvalue weighted by molar-refractivity contribution is 6.00. The topological polar surface area (TPSA) is 67.9 Å². The van der Waals surface area contributed by atoms with Gasteiger partial charge in [-0.1, -0.05) is 24.3 Å².